The van der Waals surface area contributed by atoms with Gasteiger partial charge in [0.1, 0.15) is 0 Å². The zero-order valence-corrected chi connectivity index (χ0v) is 14.4. The molecule has 1 fully saturated rings. The predicted molar refractivity (Wildman–Crippen MR) is 90.2 cm³/mol. The number of aliphatic carboxylic acids is 1. The second-order valence-electron chi connectivity index (χ2n) is 6.02. The number of anilines is 1. The van der Waals surface area contributed by atoms with Crippen LogP contribution in [0.5, 0.6) is 0 Å². The van der Waals surface area contributed by atoms with Crippen LogP contribution in [0.15, 0.2) is 24.3 Å². The minimum atomic E-state index is -3.19. The molecule has 1 aromatic carbocycles. The van der Waals surface area contributed by atoms with Crippen molar-refractivity contribution in [2.45, 2.75) is 25.7 Å². The molecular weight excluding hydrogens is 332 g/mol. The lowest BCUT2D eigenvalue weighted by Crippen LogP contribution is -2.40. The van der Waals surface area contributed by atoms with Crippen molar-refractivity contribution >= 4 is 27.6 Å². The van der Waals surface area contributed by atoms with Crippen molar-refractivity contribution in [3.05, 3.63) is 29.8 Å². The first-order valence-corrected chi connectivity index (χ1v) is 9.67. The Balaban J connectivity index is 1.85. The molecule has 1 aromatic rings. The fraction of sp³-hybridized carbons (Fsp3) is 0.500. The highest BCUT2D eigenvalue weighted by atomic mass is 32.2. The van der Waals surface area contributed by atoms with E-state index in [9.17, 15) is 18.0 Å². The normalized spacial score (nSPS) is 16.7. The van der Waals surface area contributed by atoms with Crippen molar-refractivity contribution in [1.29, 1.82) is 0 Å². The number of benzene rings is 1. The number of hydrogen-bond acceptors (Lipinski definition) is 4. The molecule has 1 amide bonds. The Labute approximate surface area is 141 Å². The summed E-state index contributed by atoms with van der Waals surface area (Å²) in [4.78, 5) is 22.8. The van der Waals surface area contributed by atoms with Crippen molar-refractivity contribution in [3.63, 3.8) is 0 Å². The first-order valence-electron chi connectivity index (χ1n) is 7.82. The van der Waals surface area contributed by atoms with E-state index < -0.39 is 16.0 Å². The number of aryl methyl sites for hydroxylation is 1. The van der Waals surface area contributed by atoms with E-state index >= 15 is 0 Å². The molecule has 0 atom stereocenters. The number of carbonyl (C=O) groups excluding carboxylic acids is 1. The largest absolute Gasteiger partial charge is 0.481 e. The van der Waals surface area contributed by atoms with Crippen LogP contribution in [0.1, 0.15) is 24.8 Å². The molecule has 8 heteroatoms. The summed E-state index contributed by atoms with van der Waals surface area (Å²) >= 11 is 0. The van der Waals surface area contributed by atoms with Gasteiger partial charge in [-0.1, -0.05) is 12.1 Å². The topological polar surface area (TPSA) is 104 Å². The summed E-state index contributed by atoms with van der Waals surface area (Å²) in [6.07, 6.45) is 2.72. The number of carboxylic acid groups (broad SMARTS) is 1. The molecule has 24 heavy (non-hydrogen) atoms. The molecule has 132 valence electrons. The molecule has 1 aliphatic heterocycles. The first kappa shape index (κ1) is 18.4. The standard InChI is InChI=1S/C16H22N2O5S/c1-24(22,23)18-10-8-13(9-11-18)16(21)17-14-5-2-12(3-6-14)4-7-15(19)20/h2-3,5-6,13H,4,7-11H2,1H3,(H,17,21)(H,19,20). The number of nitrogens with zero attached hydrogens (tertiary/aromatic N) is 1. The number of hydrogen-bond donors (Lipinski definition) is 2. The summed E-state index contributed by atoms with van der Waals surface area (Å²) in [5, 5.41) is 11.5. The van der Waals surface area contributed by atoms with Crippen LogP contribution in [0, 0.1) is 5.92 Å². The van der Waals surface area contributed by atoms with Gasteiger partial charge < -0.3 is 10.4 Å². The van der Waals surface area contributed by atoms with E-state index in [1.54, 1.807) is 24.3 Å². The van der Waals surface area contributed by atoms with Gasteiger partial charge in [0.25, 0.3) is 0 Å². The number of rotatable bonds is 6. The molecule has 1 aliphatic rings. The summed E-state index contributed by atoms with van der Waals surface area (Å²) in [5.74, 6) is -1.15. The zero-order valence-electron chi connectivity index (χ0n) is 13.6. The van der Waals surface area contributed by atoms with Crippen molar-refractivity contribution in [2.24, 2.45) is 5.92 Å². The maximum Gasteiger partial charge on any atom is 0.303 e. The van der Waals surface area contributed by atoms with Gasteiger partial charge in [0.2, 0.25) is 15.9 Å². The van der Waals surface area contributed by atoms with Crippen LogP contribution in [0.3, 0.4) is 0 Å². The summed E-state index contributed by atoms with van der Waals surface area (Å²) in [6, 6.07) is 7.09. The predicted octanol–water partition coefficient (Wildman–Crippen LogP) is 1.31. The molecule has 7 nitrogen and oxygen atoms in total. The minimum Gasteiger partial charge on any atom is -0.481 e. The highest BCUT2D eigenvalue weighted by Gasteiger charge is 2.28. The molecule has 2 rings (SSSR count). The molecule has 0 aliphatic carbocycles. The minimum absolute atomic E-state index is 0.0740. The lowest BCUT2D eigenvalue weighted by Gasteiger charge is -2.29. The Kier molecular flexibility index (Phi) is 5.95. The van der Waals surface area contributed by atoms with Crippen LogP contribution < -0.4 is 5.32 Å². The van der Waals surface area contributed by atoms with Crippen LogP contribution in [-0.4, -0.2) is 49.1 Å². The summed E-state index contributed by atoms with van der Waals surface area (Å²) in [5.41, 5.74) is 1.56. The zero-order chi connectivity index (χ0) is 17.7. The Bertz CT molecular complexity index is 692. The van der Waals surface area contributed by atoms with Gasteiger partial charge in [-0.3, -0.25) is 9.59 Å². The Morgan fingerprint density at radius 1 is 1.21 bits per heavy atom. The van der Waals surface area contributed by atoms with Crippen LogP contribution in [0.25, 0.3) is 0 Å². The summed E-state index contributed by atoms with van der Waals surface area (Å²) < 4.78 is 24.3. The smallest absolute Gasteiger partial charge is 0.303 e. The quantitative estimate of drug-likeness (QED) is 0.802. The van der Waals surface area contributed by atoms with Crippen LogP contribution >= 0.6 is 0 Å². The van der Waals surface area contributed by atoms with Gasteiger partial charge in [0, 0.05) is 31.1 Å². The number of carboxylic acids is 1. The molecular formula is C16H22N2O5S. The molecule has 0 saturated carbocycles. The van der Waals surface area contributed by atoms with E-state index in [-0.39, 0.29) is 18.2 Å². The first-order chi connectivity index (χ1) is 11.3. The molecule has 0 spiro atoms. The van der Waals surface area contributed by atoms with Gasteiger partial charge in [0.15, 0.2) is 0 Å². The van der Waals surface area contributed by atoms with Gasteiger partial charge in [-0.2, -0.15) is 0 Å². The van der Waals surface area contributed by atoms with Crippen LogP contribution in [-0.2, 0) is 26.0 Å². The lowest BCUT2D eigenvalue weighted by molar-refractivity contribution is -0.137. The van der Waals surface area contributed by atoms with Crippen LogP contribution in [0.2, 0.25) is 0 Å². The average molecular weight is 354 g/mol. The molecule has 2 N–H and O–H groups in total. The molecule has 1 saturated heterocycles. The van der Waals surface area contributed by atoms with E-state index in [2.05, 4.69) is 5.32 Å². The molecule has 0 radical (unpaired) electrons. The van der Waals surface area contributed by atoms with Crippen molar-refractivity contribution in [1.82, 2.24) is 4.31 Å². The highest BCUT2D eigenvalue weighted by molar-refractivity contribution is 7.88. The van der Waals surface area contributed by atoms with Gasteiger partial charge in [-0.15, -0.1) is 0 Å². The van der Waals surface area contributed by atoms with Gasteiger partial charge in [-0.25, -0.2) is 12.7 Å². The molecule has 0 bridgehead atoms. The van der Waals surface area contributed by atoms with Gasteiger partial charge in [-0.05, 0) is 37.0 Å². The fourth-order valence-corrected chi connectivity index (χ4v) is 3.57. The van der Waals surface area contributed by atoms with Crippen LogP contribution in [0.4, 0.5) is 5.69 Å². The third-order valence-corrected chi connectivity index (χ3v) is 5.45. The van der Waals surface area contributed by atoms with Gasteiger partial charge >= 0.3 is 5.97 Å². The summed E-state index contributed by atoms with van der Waals surface area (Å²) in [6.45, 7) is 0.732. The SMILES string of the molecule is CS(=O)(=O)N1CCC(C(=O)Nc2ccc(CCC(=O)O)cc2)CC1. The average Bonchev–Trinajstić information content (AvgIpc) is 2.53. The van der Waals surface area contributed by atoms with Gasteiger partial charge in [0.05, 0.1) is 6.26 Å². The fourth-order valence-electron chi connectivity index (χ4n) is 2.70. The summed E-state index contributed by atoms with van der Waals surface area (Å²) in [7, 11) is -3.19. The van der Waals surface area contributed by atoms with E-state index in [0.717, 1.165) is 5.56 Å². The van der Waals surface area contributed by atoms with Crippen molar-refractivity contribution in [3.8, 4) is 0 Å². The van der Waals surface area contributed by atoms with E-state index in [4.69, 9.17) is 5.11 Å². The number of carbonyl (C=O) groups is 2. The number of amides is 1. The monoisotopic (exact) mass is 354 g/mol. The second-order valence-corrected chi connectivity index (χ2v) is 8.00. The molecule has 1 heterocycles. The lowest BCUT2D eigenvalue weighted by atomic mass is 9.97. The number of sulfonamides is 1. The maximum atomic E-state index is 12.3. The molecule has 0 unspecified atom stereocenters. The van der Waals surface area contributed by atoms with E-state index in [1.165, 1.54) is 10.6 Å². The third-order valence-electron chi connectivity index (χ3n) is 4.14. The second kappa shape index (κ2) is 7.76. The Morgan fingerprint density at radius 3 is 2.29 bits per heavy atom. The third kappa shape index (κ3) is 5.31. The maximum absolute atomic E-state index is 12.3. The van der Waals surface area contributed by atoms with Crippen molar-refractivity contribution < 1.29 is 23.1 Å². The Hall–Kier alpha value is -1.93. The molecule has 0 aromatic heterocycles. The van der Waals surface area contributed by atoms with Crippen molar-refractivity contribution in [2.75, 3.05) is 24.7 Å². The highest BCUT2D eigenvalue weighted by Crippen LogP contribution is 2.21. The number of nitrogens with one attached hydrogen (secondary N) is 1. The number of piperidine rings is 1. The van der Waals surface area contributed by atoms with E-state index in [0.29, 0.717) is 38.0 Å². The van der Waals surface area contributed by atoms with E-state index in [1.807, 2.05) is 0 Å². The Morgan fingerprint density at radius 2 is 1.79 bits per heavy atom.